The predicted octanol–water partition coefficient (Wildman–Crippen LogP) is 1.60. The number of nitriles is 2. The first kappa shape index (κ1) is 13.2. The van der Waals surface area contributed by atoms with E-state index in [2.05, 4.69) is 15.3 Å². The Morgan fingerprint density at radius 2 is 2.06 bits per heavy atom. The maximum Gasteiger partial charge on any atom is 0.338 e. The van der Waals surface area contributed by atoms with E-state index >= 15 is 0 Å². The van der Waals surface area contributed by atoms with Gasteiger partial charge in [-0.25, -0.2) is 4.79 Å². The number of anilines is 1. The van der Waals surface area contributed by atoms with Crippen LogP contribution in [0, 0.1) is 29.6 Å². The number of ether oxygens (including phenoxy) is 1. The number of nitrogens with zero attached hydrogens (tertiary/aromatic N) is 3. The van der Waals surface area contributed by atoms with Crippen LogP contribution in [-0.2, 0) is 4.74 Å². The van der Waals surface area contributed by atoms with Crippen LogP contribution >= 0.6 is 0 Å². The highest BCUT2D eigenvalue weighted by molar-refractivity contribution is 6.10. The molecule has 0 aromatic heterocycles. The van der Waals surface area contributed by atoms with Gasteiger partial charge in [-0.2, -0.15) is 15.6 Å². The van der Waals surface area contributed by atoms with Crippen molar-refractivity contribution in [3.63, 3.8) is 0 Å². The van der Waals surface area contributed by atoms with Crippen molar-refractivity contribution in [2.75, 3.05) is 12.5 Å². The van der Waals surface area contributed by atoms with Crippen molar-refractivity contribution in [2.24, 2.45) is 5.10 Å². The first-order valence-electron chi connectivity index (χ1n) is 4.95. The molecule has 1 aromatic carbocycles. The molecule has 0 saturated carbocycles. The highest BCUT2D eigenvalue weighted by Gasteiger charge is 2.11. The Morgan fingerprint density at radius 1 is 1.39 bits per heavy atom. The standard InChI is InChI=1S/C12H10N4O2/c1-8-10(12(17)18-2)4-3-5-11(8)16-15-9(6-13)7-14/h3-5,16H,1-2H3. The average molecular weight is 242 g/mol. The number of rotatable bonds is 3. The minimum absolute atomic E-state index is 0.294. The first-order valence-corrected chi connectivity index (χ1v) is 4.95. The Balaban J connectivity index is 3.07. The van der Waals surface area contributed by atoms with Gasteiger partial charge in [-0.3, -0.25) is 5.43 Å². The number of methoxy groups -OCH3 is 1. The molecule has 0 unspecified atom stereocenters. The average Bonchev–Trinajstić information content (AvgIpc) is 2.40. The minimum atomic E-state index is -0.457. The molecule has 0 heterocycles. The van der Waals surface area contributed by atoms with Crippen molar-refractivity contribution in [3.8, 4) is 12.1 Å². The van der Waals surface area contributed by atoms with Gasteiger partial charge in [0.1, 0.15) is 12.1 Å². The molecule has 0 spiro atoms. The van der Waals surface area contributed by atoms with Crippen molar-refractivity contribution in [1.29, 1.82) is 10.5 Å². The normalized spacial score (nSPS) is 8.67. The Bertz CT molecular complexity index is 563. The number of hydrogen-bond donors (Lipinski definition) is 1. The summed E-state index contributed by atoms with van der Waals surface area (Å²) >= 11 is 0. The van der Waals surface area contributed by atoms with Crippen LogP contribution < -0.4 is 5.43 Å². The zero-order valence-electron chi connectivity index (χ0n) is 9.89. The molecule has 1 N–H and O–H groups in total. The van der Waals surface area contributed by atoms with Gasteiger partial charge in [0.05, 0.1) is 18.4 Å². The number of benzene rings is 1. The molecule has 0 fully saturated rings. The summed E-state index contributed by atoms with van der Waals surface area (Å²) in [4.78, 5) is 11.4. The van der Waals surface area contributed by atoms with Crippen LogP contribution in [0.4, 0.5) is 5.69 Å². The van der Waals surface area contributed by atoms with E-state index in [1.807, 2.05) is 0 Å². The van der Waals surface area contributed by atoms with E-state index in [9.17, 15) is 4.79 Å². The van der Waals surface area contributed by atoms with E-state index in [4.69, 9.17) is 10.5 Å². The van der Waals surface area contributed by atoms with Crippen LogP contribution in [0.25, 0.3) is 0 Å². The summed E-state index contributed by atoms with van der Waals surface area (Å²) in [5.74, 6) is -0.457. The molecule has 0 atom stereocenters. The van der Waals surface area contributed by atoms with Crippen molar-refractivity contribution in [3.05, 3.63) is 29.3 Å². The largest absolute Gasteiger partial charge is 0.465 e. The summed E-state index contributed by atoms with van der Waals surface area (Å²) in [6.45, 7) is 1.71. The van der Waals surface area contributed by atoms with Gasteiger partial charge < -0.3 is 4.74 Å². The second-order valence-corrected chi connectivity index (χ2v) is 3.27. The molecule has 1 aromatic rings. The van der Waals surface area contributed by atoms with Crippen molar-refractivity contribution in [2.45, 2.75) is 6.92 Å². The smallest absolute Gasteiger partial charge is 0.338 e. The first-order chi connectivity index (χ1) is 8.63. The molecule has 0 aliphatic rings. The molecule has 0 bridgehead atoms. The molecule has 6 nitrogen and oxygen atoms in total. The lowest BCUT2D eigenvalue weighted by Crippen LogP contribution is -2.06. The summed E-state index contributed by atoms with van der Waals surface area (Å²) in [6.07, 6.45) is 0. The van der Waals surface area contributed by atoms with E-state index in [1.54, 1.807) is 37.3 Å². The fraction of sp³-hybridized carbons (Fsp3) is 0.167. The zero-order valence-corrected chi connectivity index (χ0v) is 9.89. The summed E-state index contributed by atoms with van der Waals surface area (Å²) in [5, 5.41) is 20.7. The van der Waals surface area contributed by atoms with Gasteiger partial charge in [-0.05, 0) is 24.6 Å². The molecule has 0 radical (unpaired) electrons. The van der Waals surface area contributed by atoms with Crippen molar-refractivity contribution < 1.29 is 9.53 Å². The molecular weight excluding hydrogens is 232 g/mol. The molecule has 0 aliphatic carbocycles. The van der Waals surface area contributed by atoms with Crippen LogP contribution in [0.15, 0.2) is 23.3 Å². The lowest BCUT2D eigenvalue weighted by molar-refractivity contribution is 0.0600. The van der Waals surface area contributed by atoms with Gasteiger partial charge in [0.25, 0.3) is 0 Å². The molecule has 1 rings (SSSR count). The van der Waals surface area contributed by atoms with E-state index in [0.717, 1.165) is 0 Å². The van der Waals surface area contributed by atoms with Crippen LogP contribution in [0.1, 0.15) is 15.9 Å². The van der Waals surface area contributed by atoms with Gasteiger partial charge in [0, 0.05) is 0 Å². The lowest BCUT2D eigenvalue weighted by atomic mass is 10.1. The van der Waals surface area contributed by atoms with E-state index in [0.29, 0.717) is 16.8 Å². The molecule has 90 valence electrons. The fourth-order valence-corrected chi connectivity index (χ4v) is 1.28. The van der Waals surface area contributed by atoms with E-state index < -0.39 is 5.97 Å². The number of hydrogen-bond acceptors (Lipinski definition) is 6. The minimum Gasteiger partial charge on any atom is -0.465 e. The highest BCUT2D eigenvalue weighted by atomic mass is 16.5. The van der Waals surface area contributed by atoms with Crippen LogP contribution in [0.2, 0.25) is 0 Å². The van der Waals surface area contributed by atoms with Crippen molar-refractivity contribution >= 4 is 17.4 Å². The summed E-state index contributed by atoms with van der Waals surface area (Å²) in [5.41, 5.74) is 3.83. The number of nitrogens with one attached hydrogen (secondary N) is 1. The second-order valence-electron chi connectivity index (χ2n) is 3.27. The van der Waals surface area contributed by atoms with Gasteiger partial charge in [0.2, 0.25) is 5.71 Å². The van der Waals surface area contributed by atoms with Gasteiger partial charge in [-0.15, -0.1) is 0 Å². The second kappa shape index (κ2) is 6.02. The SMILES string of the molecule is COC(=O)c1cccc(NN=C(C#N)C#N)c1C. The zero-order chi connectivity index (χ0) is 13.5. The number of hydrazone groups is 1. The molecule has 6 heteroatoms. The Kier molecular flexibility index (Phi) is 4.42. The molecule has 0 aliphatic heterocycles. The van der Waals surface area contributed by atoms with E-state index in [-0.39, 0.29) is 5.71 Å². The molecule has 0 amide bonds. The fourth-order valence-electron chi connectivity index (χ4n) is 1.28. The summed E-state index contributed by atoms with van der Waals surface area (Å²) < 4.78 is 4.63. The highest BCUT2D eigenvalue weighted by Crippen LogP contribution is 2.19. The Labute approximate surface area is 104 Å². The lowest BCUT2D eigenvalue weighted by Gasteiger charge is -2.08. The Morgan fingerprint density at radius 3 is 2.61 bits per heavy atom. The monoisotopic (exact) mass is 242 g/mol. The third-order valence-electron chi connectivity index (χ3n) is 2.24. The maximum absolute atomic E-state index is 11.4. The van der Waals surface area contributed by atoms with E-state index in [1.165, 1.54) is 7.11 Å². The predicted molar refractivity (Wildman–Crippen MR) is 64.8 cm³/mol. The van der Waals surface area contributed by atoms with Crippen LogP contribution in [0.5, 0.6) is 0 Å². The Hall–Kier alpha value is -2.86. The number of carbonyl (C=O) groups excluding carboxylic acids is 1. The van der Waals surface area contributed by atoms with Gasteiger partial charge in [-0.1, -0.05) is 6.07 Å². The number of esters is 1. The quantitative estimate of drug-likeness (QED) is 0.493. The van der Waals surface area contributed by atoms with Gasteiger partial charge >= 0.3 is 5.97 Å². The summed E-state index contributed by atoms with van der Waals surface area (Å²) in [6, 6.07) is 8.19. The van der Waals surface area contributed by atoms with Crippen molar-refractivity contribution in [1.82, 2.24) is 0 Å². The molecule has 18 heavy (non-hydrogen) atoms. The molecule has 0 saturated heterocycles. The van der Waals surface area contributed by atoms with Crippen LogP contribution in [-0.4, -0.2) is 18.8 Å². The third kappa shape index (κ3) is 2.83. The summed E-state index contributed by atoms with van der Waals surface area (Å²) in [7, 11) is 1.30. The maximum atomic E-state index is 11.4. The molecular formula is C12H10N4O2. The topological polar surface area (TPSA) is 98.3 Å². The third-order valence-corrected chi connectivity index (χ3v) is 2.24. The van der Waals surface area contributed by atoms with Crippen LogP contribution in [0.3, 0.4) is 0 Å². The van der Waals surface area contributed by atoms with Gasteiger partial charge in [0.15, 0.2) is 0 Å². The number of carbonyl (C=O) groups is 1.